The summed E-state index contributed by atoms with van der Waals surface area (Å²) in [7, 11) is -4.40. The van der Waals surface area contributed by atoms with Gasteiger partial charge in [-0.3, -0.25) is 4.98 Å². The second kappa shape index (κ2) is 3.21. The molecule has 0 spiro atoms. The van der Waals surface area contributed by atoms with Crippen molar-refractivity contribution in [3.05, 3.63) is 24.0 Å². The van der Waals surface area contributed by atoms with Crippen molar-refractivity contribution in [3.8, 4) is 0 Å². The van der Waals surface area contributed by atoms with Crippen molar-refractivity contribution in [3.63, 3.8) is 0 Å². The highest BCUT2D eigenvalue weighted by molar-refractivity contribution is 7.89. The van der Waals surface area contributed by atoms with Crippen molar-refractivity contribution in [1.29, 1.82) is 0 Å². The molecule has 0 aromatic carbocycles. The molecule has 0 aliphatic carbocycles. The Morgan fingerprint density at radius 3 is 2.29 bits per heavy atom. The van der Waals surface area contributed by atoms with Gasteiger partial charge in [-0.2, -0.15) is 13.2 Å². The highest BCUT2D eigenvalue weighted by Crippen LogP contribution is 2.32. The van der Waals surface area contributed by atoms with E-state index in [1.165, 1.54) is 0 Å². The van der Waals surface area contributed by atoms with Crippen molar-refractivity contribution in [2.24, 2.45) is 5.14 Å². The van der Waals surface area contributed by atoms with Crippen LogP contribution in [-0.4, -0.2) is 13.4 Å². The molecular weight excluding hydrogens is 221 g/mol. The van der Waals surface area contributed by atoms with Crippen LogP contribution in [0.1, 0.15) is 5.56 Å². The quantitative estimate of drug-likeness (QED) is 0.767. The van der Waals surface area contributed by atoms with E-state index in [4.69, 9.17) is 0 Å². The molecule has 1 heterocycles. The fourth-order valence-corrected chi connectivity index (χ4v) is 1.54. The predicted molar refractivity (Wildman–Crippen MR) is 40.6 cm³/mol. The topological polar surface area (TPSA) is 73.1 Å². The Labute approximate surface area is 77.6 Å². The summed E-state index contributed by atoms with van der Waals surface area (Å²) in [5.41, 5.74) is -1.31. The summed E-state index contributed by atoms with van der Waals surface area (Å²) in [4.78, 5) is 2.25. The minimum absolute atomic E-state index is 0.555. The lowest BCUT2D eigenvalue weighted by atomic mass is 10.3. The summed E-state index contributed by atoms with van der Waals surface area (Å²) in [6, 6.07) is 0.555. The number of pyridine rings is 1. The van der Waals surface area contributed by atoms with Crippen LogP contribution in [-0.2, 0) is 16.2 Å². The molecule has 0 saturated heterocycles. The van der Waals surface area contributed by atoms with E-state index < -0.39 is 26.7 Å². The minimum Gasteiger partial charge on any atom is -0.263 e. The van der Waals surface area contributed by atoms with Crippen LogP contribution >= 0.6 is 0 Å². The number of primary sulfonamides is 1. The number of rotatable bonds is 1. The van der Waals surface area contributed by atoms with Gasteiger partial charge in [0.15, 0.2) is 0 Å². The molecule has 2 N–H and O–H groups in total. The van der Waals surface area contributed by atoms with Gasteiger partial charge in [-0.25, -0.2) is 13.6 Å². The number of sulfonamides is 1. The maximum absolute atomic E-state index is 12.2. The molecule has 0 unspecified atom stereocenters. The van der Waals surface area contributed by atoms with E-state index in [1.54, 1.807) is 0 Å². The van der Waals surface area contributed by atoms with Gasteiger partial charge in [-0.05, 0) is 6.07 Å². The van der Waals surface area contributed by atoms with Gasteiger partial charge < -0.3 is 0 Å². The molecule has 14 heavy (non-hydrogen) atoms. The molecule has 0 saturated carbocycles. The molecule has 0 bridgehead atoms. The van der Waals surface area contributed by atoms with Crippen molar-refractivity contribution in [1.82, 2.24) is 4.98 Å². The third-order valence-corrected chi connectivity index (χ3v) is 2.33. The fourth-order valence-electron chi connectivity index (χ4n) is 0.841. The van der Waals surface area contributed by atoms with Gasteiger partial charge in [0.1, 0.15) is 4.90 Å². The minimum atomic E-state index is -4.76. The number of nitrogens with zero attached hydrogens (tertiary/aromatic N) is 1. The number of hydrogen-bond acceptors (Lipinski definition) is 3. The highest BCUT2D eigenvalue weighted by Gasteiger charge is 2.36. The van der Waals surface area contributed by atoms with E-state index in [0.29, 0.717) is 12.3 Å². The molecular formula is C6H5F3N2O2S. The zero-order valence-electron chi connectivity index (χ0n) is 6.62. The van der Waals surface area contributed by atoms with Crippen LogP contribution in [0.5, 0.6) is 0 Å². The van der Waals surface area contributed by atoms with E-state index in [0.717, 1.165) is 6.20 Å². The van der Waals surface area contributed by atoms with Crippen LogP contribution < -0.4 is 5.14 Å². The standard InChI is InChI=1S/C6H5F3N2O2S/c7-6(8,9)4-1-2-11-3-5(4)14(10,12)13/h1-3H,(H2,10,12,13). The van der Waals surface area contributed by atoms with E-state index in [-0.39, 0.29) is 0 Å². The van der Waals surface area contributed by atoms with Crippen LogP contribution in [0.25, 0.3) is 0 Å². The first kappa shape index (κ1) is 10.9. The summed E-state index contributed by atoms with van der Waals surface area (Å²) in [6.45, 7) is 0. The molecule has 0 aliphatic heterocycles. The highest BCUT2D eigenvalue weighted by atomic mass is 32.2. The zero-order valence-corrected chi connectivity index (χ0v) is 7.43. The van der Waals surface area contributed by atoms with E-state index in [2.05, 4.69) is 10.1 Å². The average molecular weight is 226 g/mol. The Balaban J connectivity index is 3.47. The molecule has 0 amide bonds. The van der Waals surface area contributed by atoms with Crippen LogP contribution in [0.15, 0.2) is 23.4 Å². The SMILES string of the molecule is NS(=O)(=O)c1cnccc1C(F)(F)F. The first-order chi connectivity index (χ1) is 6.23. The van der Waals surface area contributed by atoms with E-state index in [1.807, 2.05) is 0 Å². The van der Waals surface area contributed by atoms with Gasteiger partial charge in [-0.1, -0.05) is 0 Å². The number of halogens is 3. The number of alkyl halides is 3. The Hall–Kier alpha value is -1.15. The lowest BCUT2D eigenvalue weighted by molar-refractivity contribution is -0.140. The summed E-state index contributed by atoms with van der Waals surface area (Å²) in [6.07, 6.45) is -3.35. The predicted octanol–water partition coefficient (Wildman–Crippen LogP) is 0.748. The lowest BCUT2D eigenvalue weighted by Gasteiger charge is -2.09. The van der Waals surface area contributed by atoms with Crippen molar-refractivity contribution < 1.29 is 21.6 Å². The third-order valence-electron chi connectivity index (χ3n) is 1.40. The molecule has 1 aromatic heterocycles. The second-order valence-corrected chi connectivity index (χ2v) is 3.94. The average Bonchev–Trinajstić information content (AvgIpc) is 2.01. The van der Waals surface area contributed by atoms with Crippen LogP contribution in [0.4, 0.5) is 13.2 Å². The maximum atomic E-state index is 12.2. The number of hydrogen-bond donors (Lipinski definition) is 1. The first-order valence-corrected chi connectivity index (χ1v) is 4.81. The van der Waals surface area contributed by atoms with Crippen molar-refractivity contribution in [2.45, 2.75) is 11.1 Å². The van der Waals surface area contributed by atoms with Gasteiger partial charge in [0.2, 0.25) is 10.0 Å². The van der Waals surface area contributed by atoms with Crippen LogP contribution in [0, 0.1) is 0 Å². The number of aromatic nitrogens is 1. The van der Waals surface area contributed by atoms with E-state index >= 15 is 0 Å². The summed E-state index contributed by atoms with van der Waals surface area (Å²) in [5.74, 6) is 0. The monoisotopic (exact) mass is 226 g/mol. The maximum Gasteiger partial charge on any atom is 0.417 e. The molecule has 4 nitrogen and oxygen atoms in total. The molecule has 8 heteroatoms. The first-order valence-electron chi connectivity index (χ1n) is 3.27. The lowest BCUT2D eigenvalue weighted by Crippen LogP contribution is -2.19. The second-order valence-electron chi connectivity index (χ2n) is 2.41. The van der Waals surface area contributed by atoms with E-state index in [9.17, 15) is 21.6 Å². The summed E-state index contributed by atoms with van der Waals surface area (Å²) < 4.78 is 58.2. The van der Waals surface area contributed by atoms with Gasteiger partial charge in [0.05, 0.1) is 5.56 Å². The van der Waals surface area contributed by atoms with Gasteiger partial charge in [-0.15, -0.1) is 0 Å². The van der Waals surface area contributed by atoms with Crippen LogP contribution in [0.2, 0.25) is 0 Å². The molecule has 1 aromatic rings. The number of nitrogens with two attached hydrogens (primary N) is 1. The molecule has 78 valence electrons. The van der Waals surface area contributed by atoms with Crippen molar-refractivity contribution >= 4 is 10.0 Å². The Morgan fingerprint density at radius 1 is 1.36 bits per heavy atom. The third kappa shape index (κ3) is 2.20. The normalized spacial score (nSPS) is 12.9. The Kier molecular flexibility index (Phi) is 2.50. The van der Waals surface area contributed by atoms with Crippen molar-refractivity contribution in [2.75, 3.05) is 0 Å². The summed E-state index contributed by atoms with van der Waals surface area (Å²) >= 11 is 0. The molecule has 0 radical (unpaired) electrons. The fraction of sp³-hybridized carbons (Fsp3) is 0.167. The Morgan fingerprint density at radius 2 is 1.93 bits per heavy atom. The largest absolute Gasteiger partial charge is 0.417 e. The van der Waals surface area contributed by atoms with Gasteiger partial charge in [0.25, 0.3) is 0 Å². The molecule has 0 aliphatic rings. The molecule has 0 atom stereocenters. The zero-order chi connectivity index (χ0) is 11.0. The smallest absolute Gasteiger partial charge is 0.263 e. The Bertz CT molecular complexity index is 441. The van der Waals surface area contributed by atoms with Gasteiger partial charge >= 0.3 is 6.18 Å². The molecule has 0 fully saturated rings. The summed E-state index contributed by atoms with van der Waals surface area (Å²) in [5, 5.41) is 4.59. The molecule has 1 rings (SSSR count). The van der Waals surface area contributed by atoms with Gasteiger partial charge in [0, 0.05) is 12.4 Å². The van der Waals surface area contributed by atoms with Crippen LogP contribution in [0.3, 0.4) is 0 Å².